The summed E-state index contributed by atoms with van der Waals surface area (Å²) in [7, 11) is 1.64. The molecule has 0 bridgehead atoms. The Morgan fingerprint density at radius 2 is 2.12 bits per heavy atom. The van der Waals surface area contributed by atoms with Crippen LogP contribution in [-0.2, 0) is 0 Å². The Morgan fingerprint density at radius 3 is 2.88 bits per heavy atom. The summed E-state index contributed by atoms with van der Waals surface area (Å²) in [6.45, 7) is 0. The first-order valence-electron chi connectivity index (χ1n) is 4.91. The Hall–Kier alpha value is -2.27. The van der Waals surface area contributed by atoms with Crippen molar-refractivity contribution >= 4 is 0 Å². The van der Waals surface area contributed by atoms with Gasteiger partial charge in [0.25, 0.3) is 0 Å². The van der Waals surface area contributed by atoms with Crippen LogP contribution in [0.1, 0.15) is 5.69 Å². The van der Waals surface area contributed by atoms with Crippen LogP contribution in [-0.4, -0.2) is 12.1 Å². The van der Waals surface area contributed by atoms with Crippen molar-refractivity contribution in [2.75, 3.05) is 7.11 Å². The fourth-order valence-corrected chi connectivity index (χ4v) is 1.54. The molecule has 1 heterocycles. The highest BCUT2D eigenvalue weighted by Gasteiger charge is 2.04. The molecule has 0 aliphatic rings. The molecule has 1 aromatic heterocycles. The normalized spacial score (nSPS) is 9.50. The van der Waals surface area contributed by atoms with E-state index in [1.807, 2.05) is 36.4 Å². The van der Waals surface area contributed by atoms with Gasteiger partial charge in [0.15, 0.2) is 0 Å². The number of hydrogen-bond donors (Lipinski definition) is 0. The third-order valence-corrected chi connectivity index (χ3v) is 2.33. The smallest absolute Gasteiger partial charge is 0.120 e. The first-order valence-corrected chi connectivity index (χ1v) is 4.91. The van der Waals surface area contributed by atoms with Crippen LogP contribution in [0.5, 0.6) is 5.75 Å². The lowest BCUT2D eigenvalue weighted by Gasteiger charge is -2.05. The van der Waals surface area contributed by atoms with Gasteiger partial charge in [0, 0.05) is 11.8 Å². The first kappa shape index (κ1) is 10.3. The Labute approximate surface area is 94.9 Å². The van der Waals surface area contributed by atoms with Gasteiger partial charge in [0.05, 0.1) is 7.11 Å². The zero-order valence-electron chi connectivity index (χ0n) is 8.97. The molecule has 2 rings (SSSR count). The molecule has 2 aromatic rings. The molecule has 0 saturated heterocycles. The van der Waals surface area contributed by atoms with E-state index in [2.05, 4.69) is 10.9 Å². The SMILES string of the molecule is C#Cc1ncccc1-c1cccc(OC)c1. The second-order valence-electron chi connectivity index (χ2n) is 3.28. The van der Waals surface area contributed by atoms with Crippen molar-refractivity contribution in [1.29, 1.82) is 0 Å². The van der Waals surface area contributed by atoms with Gasteiger partial charge in [-0.25, -0.2) is 4.98 Å². The van der Waals surface area contributed by atoms with Crippen molar-refractivity contribution in [1.82, 2.24) is 4.98 Å². The van der Waals surface area contributed by atoms with Crippen LogP contribution in [0.25, 0.3) is 11.1 Å². The summed E-state index contributed by atoms with van der Waals surface area (Å²) in [5, 5.41) is 0. The molecule has 2 nitrogen and oxygen atoms in total. The average Bonchev–Trinajstić information content (AvgIpc) is 2.38. The maximum absolute atomic E-state index is 5.41. The largest absolute Gasteiger partial charge is 0.497 e. The molecular weight excluding hydrogens is 198 g/mol. The molecule has 2 heteroatoms. The van der Waals surface area contributed by atoms with E-state index in [-0.39, 0.29) is 0 Å². The molecule has 1 aromatic carbocycles. The van der Waals surface area contributed by atoms with Gasteiger partial charge in [-0.2, -0.15) is 0 Å². The van der Waals surface area contributed by atoms with Crippen molar-refractivity contribution in [3.05, 3.63) is 48.3 Å². The number of hydrogen-bond acceptors (Lipinski definition) is 2. The molecule has 0 aliphatic carbocycles. The van der Waals surface area contributed by atoms with Crippen LogP contribution in [0.3, 0.4) is 0 Å². The molecule has 0 amide bonds. The van der Waals surface area contributed by atoms with Crippen LogP contribution in [0.15, 0.2) is 42.6 Å². The zero-order valence-corrected chi connectivity index (χ0v) is 8.97. The third-order valence-electron chi connectivity index (χ3n) is 2.33. The number of ether oxygens (including phenoxy) is 1. The van der Waals surface area contributed by atoms with Gasteiger partial charge in [-0.1, -0.05) is 18.2 Å². The fraction of sp³-hybridized carbons (Fsp3) is 0.0714. The van der Waals surface area contributed by atoms with Crippen molar-refractivity contribution < 1.29 is 4.74 Å². The predicted molar refractivity (Wildman–Crippen MR) is 64.2 cm³/mol. The van der Waals surface area contributed by atoms with Crippen molar-refractivity contribution in [3.8, 4) is 29.2 Å². The lowest BCUT2D eigenvalue weighted by atomic mass is 10.0. The number of aromatic nitrogens is 1. The van der Waals surface area contributed by atoms with Gasteiger partial charge in [-0.15, -0.1) is 6.42 Å². The second kappa shape index (κ2) is 4.50. The van der Waals surface area contributed by atoms with E-state index < -0.39 is 0 Å². The molecule has 0 atom stereocenters. The molecule has 0 fully saturated rings. The third kappa shape index (κ3) is 1.89. The van der Waals surface area contributed by atoms with Crippen LogP contribution in [0, 0.1) is 12.3 Å². The van der Waals surface area contributed by atoms with Gasteiger partial charge in [0.1, 0.15) is 11.4 Å². The number of benzene rings is 1. The summed E-state index contributed by atoms with van der Waals surface area (Å²) in [4.78, 5) is 4.15. The Morgan fingerprint density at radius 1 is 1.25 bits per heavy atom. The van der Waals surface area contributed by atoms with Gasteiger partial charge in [-0.3, -0.25) is 0 Å². The number of rotatable bonds is 2. The predicted octanol–water partition coefficient (Wildman–Crippen LogP) is 2.74. The van der Waals surface area contributed by atoms with Gasteiger partial charge in [0.2, 0.25) is 0 Å². The summed E-state index contributed by atoms with van der Waals surface area (Å²) in [6.07, 6.45) is 7.11. The first-order chi connectivity index (χ1) is 7.85. The van der Waals surface area contributed by atoms with Gasteiger partial charge in [-0.05, 0) is 29.7 Å². The summed E-state index contributed by atoms with van der Waals surface area (Å²) in [5.74, 6) is 3.39. The van der Waals surface area contributed by atoms with Gasteiger partial charge < -0.3 is 4.74 Å². The van der Waals surface area contributed by atoms with Crippen molar-refractivity contribution in [2.45, 2.75) is 0 Å². The average molecular weight is 209 g/mol. The lowest BCUT2D eigenvalue weighted by molar-refractivity contribution is 0.415. The van der Waals surface area contributed by atoms with E-state index in [0.29, 0.717) is 5.69 Å². The minimum Gasteiger partial charge on any atom is -0.497 e. The van der Waals surface area contributed by atoms with Crippen molar-refractivity contribution in [3.63, 3.8) is 0 Å². The standard InChI is InChI=1S/C14H11NO/c1-3-14-13(8-5-9-15-14)11-6-4-7-12(10-11)16-2/h1,4-10H,2H3. The van der Waals surface area contributed by atoms with Crippen LogP contribution >= 0.6 is 0 Å². The van der Waals surface area contributed by atoms with E-state index in [0.717, 1.165) is 16.9 Å². The number of methoxy groups -OCH3 is 1. The summed E-state index contributed by atoms with van der Waals surface area (Å²) < 4.78 is 5.18. The highest BCUT2D eigenvalue weighted by molar-refractivity contribution is 5.70. The molecule has 0 unspecified atom stereocenters. The summed E-state index contributed by atoms with van der Waals surface area (Å²) in [6, 6.07) is 11.6. The molecule has 0 saturated carbocycles. The maximum atomic E-state index is 5.41. The summed E-state index contributed by atoms with van der Waals surface area (Å²) >= 11 is 0. The second-order valence-corrected chi connectivity index (χ2v) is 3.28. The maximum Gasteiger partial charge on any atom is 0.120 e. The van der Waals surface area contributed by atoms with E-state index in [1.165, 1.54) is 0 Å². The lowest BCUT2D eigenvalue weighted by Crippen LogP contribution is -1.89. The molecule has 0 radical (unpaired) electrons. The van der Waals surface area contributed by atoms with E-state index in [4.69, 9.17) is 11.2 Å². The number of terminal acetylenes is 1. The van der Waals surface area contributed by atoms with E-state index in [1.54, 1.807) is 13.3 Å². The highest BCUT2D eigenvalue weighted by Crippen LogP contribution is 2.25. The topological polar surface area (TPSA) is 22.1 Å². The Kier molecular flexibility index (Phi) is 2.88. The quantitative estimate of drug-likeness (QED) is 0.709. The minimum atomic E-state index is 0.649. The molecule has 0 aliphatic heterocycles. The number of pyridine rings is 1. The molecule has 78 valence electrons. The zero-order chi connectivity index (χ0) is 11.4. The minimum absolute atomic E-state index is 0.649. The van der Waals surface area contributed by atoms with Crippen molar-refractivity contribution in [2.24, 2.45) is 0 Å². The molecule has 0 N–H and O–H groups in total. The number of nitrogens with zero attached hydrogens (tertiary/aromatic N) is 1. The monoisotopic (exact) mass is 209 g/mol. The van der Waals surface area contributed by atoms with E-state index >= 15 is 0 Å². The van der Waals surface area contributed by atoms with Crippen LogP contribution in [0.4, 0.5) is 0 Å². The Bertz CT molecular complexity index is 540. The van der Waals surface area contributed by atoms with Gasteiger partial charge >= 0.3 is 0 Å². The Balaban J connectivity index is 2.55. The van der Waals surface area contributed by atoms with Crippen LogP contribution in [0.2, 0.25) is 0 Å². The van der Waals surface area contributed by atoms with Crippen LogP contribution < -0.4 is 4.74 Å². The molecular formula is C14H11NO. The summed E-state index contributed by atoms with van der Waals surface area (Å²) in [5.41, 5.74) is 2.61. The highest BCUT2D eigenvalue weighted by atomic mass is 16.5. The van der Waals surface area contributed by atoms with E-state index in [9.17, 15) is 0 Å². The molecule has 16 heavy (non-hydrogen) atoms. The fourth-order valence-electron chi connectivity index (χ4n) is 1.54. The molecule has 0 spiro atoms.